The minimum absolute atomic E-state index is 0.0943. The summed E-state index contributed by atoms with van der Waals surface area (Å²) >= 11 is 6.18. The number of fused-ring (bicyclic) bond motifs is 1. The number of ether oxygens (including phenoxy) is 2. The van der Waals surface area contributed by atoms with E-state index in [-0.39, 0.29) is 28.2 Å². The molecule has 0 radical (unpaired) electrons. The zero-order valence-corrected chi connectivity index (χ0v) is 20.7. The Morgan fingerprint density at radius 3 is 2.38 bits per heavy atom. The topological polar surface area (TPSA) is 134 Å². The van der Waals surface area contributed by atoms with Crippen LogP contribution in [0.1, 0.15) is 5.76 Å². The molecule has 2 N–H and O–H groups in total. The Morgan fingerprint density at radius 2 is 1.68 bits per heavy atom. The lowest BCUT2D eigenvalue weighted by molar-refractivity contribution is -0.122. The van der Waals surface area contributed by atoms with E-state index in [1.807, 2.05) is 0 Å². The first kappa shape index (κ1) is 25.6. The molecular formula is C25H23ClN4O7. The molecule has 0 aliphatic carbocycles. The average Bonchev–Trinajstić information content (AvgIpc) is 3.42. The van der Waals surface area contributed by atoms with Crippen molar-refractivity contribution in [2.75, 3.05) is 19.5 Å². The molecular weight excluding hydrogens is 504 g/mol. The largest absolute Gasteiger partial charge is 0.495 e. The summed E-state index contributed by atoms with van der Waals surface area (Å²) in [7, 11) is 2.87. The maximum atomic E-state index is 13.3. The van der Waals surface area contributed by atoms with Crippen LogP contribution in [0.25, 0.3) is 10.9 Å². The van der Waals surface area contributed by atoms with Crippen molar-refractivity contribution in [2.24, 2.45) is 0 Å². The Kier molecular flexibility index (Phi) is 7.63. The lowest BCUT2D eigenvalue weighted by atomic mass is 10.2. The minimum Gasteiger partial charge on any atom is -0.495 e. The van der Waals surface area contributed by atoms with Gasteiger partial charge in [-0.1, -0.05) is 23.7 Å². The van der Waals surface area contributed by atoms with Gasteiger partial charge in [-0.15, -0.1) is 0 Å². The second-order valence-electron chi connectivity index (χ2n) is 7.87. The monoisotopic (exact) mass is 526 g/mol. The summed E-state index contributed by atoms with van der Waals surface area (Å²) in [6.45, 7) is -0.885. The number of halogens is 1. The second-order valence-corrected chi connectivity index (χ2v) is 8.28. The number of amides is 2. The van der Waals surface area contributed by atoms with Crippen LogP contribution in [-0.4, -0.2) is 35.2 Å². The number of carbonyl (C=O) groups is 2. The molecule has 0 bridgehead atoms. The first-order chi connectivity index (χ1) is 17.8. The van der Waals surface area contributed by atoms with E-state index in [9.17, 15) is 19.2 Å². The number of para-hydroxylation sites is 1. The Hall–Kier alpha value is -4.51. The summed E-state index contributed by atoms with van der Waals surface area (Å²) < 4.78 is 17.5. The lowest BCUT2D eigenvalue weighted by Crippen LogP contribution is -2.44. The van der Waals surface area contributed by atoms with Gasteiger partial charge in [-0.2, -0.15) is 0 Å². The molecule has 37 heavy (non-hydrogen) atoms. The third-order valence-corrected chi connectivity index (χ3v) is 5.82. The standard InChI is InChI=1S/C25H23ClN4O7/c1-35-20-11-21(36-2)18(10-17(20)26)28-23(32)14-29-19-8-4-3-7-16(19)24(33)30(25(29)34)13-22(31)27-12-15-6-5-9-37-15/h3-11H,12-14H2,1-2H3,(H,27,31)(H,28,32). The van der Waals surface area contributed by atoms with Crippen LogP contribution in [0.4, 0.5) is 5.69 Å². The van der Waals surface area contributed by atoms with Crippen molar-refractivity contribution < 1.29 is 23.5 Å². The van der Waals surface area contributed by atoms with E-state index in [2.05, 4.69) is 10.6 Å². The number of hydrogen-bond acceptors (Lipinski definition) is 7. The molecule has 0 atom stereocenters. The van der Waals surface area contributed by atoms with Crippen molar-refractivity contribution in [1.82, 2.24) is 14.5 Å². The van der Waals surface area contributed by atoms with E-state index in [0.29, 0.717) is 17.3 Å². The zero-order valence-electron chi connectivity index (χ0n) is 19.9. The second kappa shape index (κ2) is 11.0. The fourth-order valence-corrected chi connectivity index (χ4v) is 3.99. The van der Waals surface area contributed by atoms with Gasteiger partial charge >= 0.3 is 5.69 Å². The van der Waals surface area contributed by atoms with E-state index >= 15 is 0 Å². The zero-order chi connectivity index (χ0) is 26.5. The Balaban J connectivity index is 1.64. The van der Waals surface area contributed by atoms with Gasteiger partial charge in [-0.25, -0.2) is 4.79 Å². The van der Waals surface area contributed by atoms with Gasteiger partial charge in [0.25, 0.3) is 5.56 Å². The number of nitrogens with zero attached hydrogens (tertiary/aromatic N) is 2. The average molecular weight is 527 g/mol. The van der Waals surface area contributed by atoms with Crippen LogP contribution in [-0.2, 0) is 29.2 Å². The quantitative estimate of drug-likeness (QED) is 0.342. The van der Waals surface area contributed by atoms with Crippen LogP contribution < -0.4 is 31.4 Å². The van der Waals surface area contributed by atoms with Gasteiger partial charge < -0.3 is 24.5 Å². The van der Waals surface area contributed by atoms with Gasteiger partial charge in [0.2, 0.25) is 11.8 Å². The van der Waals surface area contributed by atoms with E-state index in [1.165, 1.54) is 38.7 Å². The van der Waals surface area contributed by atoms with Crippen molar-refractivity contribution in [1.29, 1.82) is 0 Å². The van der Waals surface area contributed by atoms with Crippen molar-refractivity contribution in [3.63, 3.8) is 0 Å². The van der Waals surface area contributed by atoms with Crippen molar-refractivity contribution in [3.05, 3.63) is 86.4 Å². The van der Waals surface area contributed by atoms with Gasteiger partial charge in [-0.05, 0) is 30.3 Å². The van der Waals surface area contributed by atoms with Crippen LogP contribution in [0.3, 0.4) is 0 Å². The minimum atomic E-state index is -0.813. The third-order valence-electron chi connectivity index (χ3n) is 5.52. The van der Waals surface area contributed by atoms with E-state index in [4.69, 9.17) is 25.5 Å². The molecule has 0 aliphatic heterocycles. The van der Waals surface area contributed by atoms with Gasteiger partial charge in [0.1, 0.15) is 30.3 Å². The first-order valence-electron chi connectivity index (χ1n) is 11.0. The van der Waals surface area contributed by atoms with Crippen LogP contribution in [0.5, 0.6) is 11.5 Å². The number of benzene rings is 2. The SMILES string of the molecule is COc1cc(OC)c(NC(=O)Cn2c(=O)n(CC(=O)NCc3ccco3)c(=O)c3ccccc32)cc1Cl. The molecule has 2 amide bonds. The van der Waals surface area contributed by atoms with Crippen molar-refractivity contribution >= 4 is 40.0 Å². The van der Waals surface area contributed by atoms with E-state index in [0.717, 1.165) is 9.13 Å². The molecule has 2 aromatic carbocycles. The van der Waals surface area contributed by atoms with Crippen LogP contribution in [0.2, 0.25) is 5.02 Å². The number of nitrogens with one attached hydrogen (secondary N) is 2. The van der Waals surface area contributed by atoms with Gasteiger partial charge in [-0.3, -0.25) is 23.5 Å². The molecule has 12 heteroatoms. The Morgan fingerprint density at radius 1 is 0.946 bits per heavy atom. The molecule has 2 heterocycles. The van der Waals surface area contributed by atoms with E-state index in [1.54, 1.807) is 30.3 Å². The fourth-order valence-electron chi connectivity index (χ4n) is 3.75. The van der Waals surface area contributed by atoms with E-state index < -0.39 is 36.2 Å². The van der Waals surface area contributed by atoms with Crippen LogP contribution in [0, 0.1) is 0 Å². The predicted octanol–water partition coefficient (Wildman–Crippen LogP) is 2.38. The summed E-state index contributed by atoms with van der Waals surface area (Å²) in [5.41, 5.74) is -0.943. The van der Waals surface area contributed by atoms with Gasteiger partial charge in [0.15, 0.2) is 0 Å². The summed E-state index contributed by atoms with van der Waals surface area (Å²) in [5, 5.41) is 5.69. The number of rotatable bonds is 9. The Labute approximate surface area is 215 Å². The summed E-state index contributed by atoms with van der Waals surface area (Å²) in [5.74, 6) is 0.0160. The number of carbonyl (C=O) groups excluding carboxylic acids is 2. The summed E-state index contributed by atoms with van der Waals surface area (Å²) in [4.78, 5) is 51.8. The molecule has 11 nitrogen and oxygen atoms in total. The van der Waals surface area contributed by atoms with Crippen LogP contribution in [0.15, 0.2) is 68.8 Å². The summed E-state index contributed by atoms with van der Waals surface area (Å²) in [6, 6.07) is 12.7. The molecule has 0 unspecified atom stereocenters. The molecule has 0 spiro atoms. The molecule has 2 aromatic heterocycles. The molecule has 4 aromatic rings. The smallest absolute Gasteiger partial charge is 0.332 e. The molecule has 4 rings (SSSR count). The molecule has 0 aliphatic rings. The number of aromatic nitrogens is 2. The Bertz CT molecular complexity index is 1570. The maximum Gasteiger partial charge on any atom is 0.332 e. The normalized spacial score (nSPS) is 10.8. The fraction of sp³-hybridized carbons (Fsp3) is 0.200. The highest BCUT2D eigenvalue weighted by Crippen LogP contribution is 2.35. The molecule has 192 valence electrons. The molecule has 0 saturated heterocycles. The molecule has 0 saturated carbocycles. The maximum absolute atomic E-state index is 13.3. The summed E-state index contributed by atoms with van der Waals surface area (Å²) in [6.07, 6.45) is 1.47. The highest BCUT2D eigenvalue weighted by molar-refractivity contribution is 6.32. The third kappa shape index (κ3) is 5.51. The number of hydrogen-bond donors (Lipinski definition) is 2. The van der Waals surface area contributed by atoms with Gasteiger partial charge in [0.05, 0.1) is 48.6 Å². The number of furan rings is 1. The van der Waals surface area contributed by atoms with Gasteiger partial charge in [0, 0.05) is 6.07 Å². The van der Waals surface area contributed by atoms with Crippen LogP contribution >= 0.6 is 11.6 Å². The number of anilines is 1. The molecule has 0 fully saturated rings. The first-order valence-corrected chi connectivity index (χ1v) is 11.4. The highest BCUT2D eigenvalue weighted by atomic mass is 35.5. The van der Waals surface area contributed by atoms with Crippen molar-refractivity contribution in [3.8, 4) is 11.5 Å². The van der Waals surface area contributed by atoms with Crippen molar-refractivity contribution in [2.45, 2.75) is 19.6 Å². The number of methoxy groups -OCH3 is 2. The highest BCUT2D eigenvalue weighted by Gasteiger charge is 2.19. The predicted molar refractivity (Wildman–Crippen MR) is 136 cm³/mol. The lowest BCUT2D eigenvalue weighted by Gasteiger charge is -2.16.